The first-order chi connectivity index (χ1) is 8.97. The molecule has 0 bridgehead atoms. The fraction of sp³-hybridized carbons (Fsp3) is 0.231. The van der Waals surface area contributed by atoms with Gasteiger partial charge in [0.2, 0.25) is 0 Å². The first kappa shape index (κ1) is 13.6. The third-order valence-corrected chi connectivity index (χ3v) is 3.17. The van der Waals surface area contributed by atoms with E-state index in [9.17, 15) is 9.59 Å². The molecule has 0 aromatic heterocycles. The van der Waals surface area contributed by atoms with E-state index in [1.807, 2.05) is 18.2 Å². The summed E-state index contributed by atoms with van der Waals surface area (Å²) in [6.07, 6.45) is 1.73. The zero-order valence-corrected chi connectivity index (χ0v) is 11.8. The maximum atomic E-state index is 12.0. The Morgan fingerprint density at radius 3 is 2.89 bits per heavy atom. The summed E-state index contributed by atoms with van der Waals surface area (Å²) >= 11 is 3.35. The zero-order chi connectivity index (χ0) is 14.0. The summed E-state index contributed by atoms with van der Waals surface area (Å²) in [5, 5.41) is 8.67. The van der Waals surface area contributed by atoms with E-state index in [1.54, 1.807) is 6.08 Å². The predicted octanol–water partition coefficient (Wildman–Crippen LogP) is 1.77. The standard InChI is InChI=1S/C13H12BrNO4/c1-15(6-12(16)17)13(18)9-4-8-5-10(14)2-3-11(8)19-7-9/h2-5H,6-7H2,1H3,(H,16,17). The van der Waals surface area contributed by atoms with Crippen LogP contribution < -0.4 is 4.74 Å². The fourth-order valence-corrected chi connectivity index (χ4v) is 2.17. The highest BCUT2D eigenvalue weighted by Crippen LogP contribution is 2.29. The molecule has 1 aliphatic rings. The van der Waals surface area contributed by atoms with Crippen LogP contribution in [0.5, 0.6) is 5.75 Å². The molecule has 1 amide bonds. The molecule has 1 aliphatic heterocycles. The van der Waals surface area contributed by atoms with Crippen molar-refractivity contribution in [2.45, 2.75) is 0 Å². The molecule has 6 heteroatoms. The van der Waals surface area contributed by atoms with Crippen molar-refractivity contribution >= 4 is 33.9 Å². The number of nitrogens with zero attached hydrogens (tertiary/aromatic N) is 1. The summed E-state index contributed by atoms with van der Waals surface area (Å²) in [6, 6.07) is 5.52. The monoisotopic (exact) mass is 325 g/mol. The minimum Gasteiger partial charge on any atom is -0.488 e. The van der Waals surface area contributed by atoms with Gasteiger partial charge < -0.3 is 14.7 Å². The van der Waals surface area contributed by atoms with Crippen molar-refractivity contribution < 1.29 is 19.4 Å². The Bertz CT molecular complexity index is 568. The number of carboxylic acid groups (broad SMARTS) is 1. The molecule has 1 N–H and O–H groups in total. The molecule has 1 aromatic rings. The van der Waals surface area contributed by atoms with Crippen molar-refractivity contribution in [3.63, 3.8) is 0 Å². The topological polar surface area (TPSA) is 66.8 Å². The van der Waals surface area contributed by atoms with Crippen LogP contribution in [-0.4, -0.2) is 42.1 Å². The van der Waals surface area contributed by atoms with Crippen LogP contribution in [-0.2, 0) is 9.59 Å². The first-order valence-electron chi connectivity index (χ1n) is 5.57. The molecule has 0 unspecified atom stereocenters. The lowest BCUT2D eigenvalue weighted by Crippen LogP contribution is -2.34. The molecule has 1 aromatic carbocycles. The second-order valence-corrected chi connectivity index (χ2v) is 5.11. The van der Waals surface area contributed by atoms with Crippen LogP contribution >= 0.6 is 15.9 Å². The molecule has 0 aliphatic carbocycles. The summed E-state index contributed by atoms with van der Waals surface area (Å²) in [5.41, 5.74) is 1.24. The molecule has 5 nitrogen and oxygen atoms in total. The van der Waals surface area contributed by atoms with Crippen LogP contribution in [0.25, 0.3) is 6.08 Å². The third kappa shape index (κ3) is 3.14. The number of rotatable bonds is 3. The van der Waals surface area contributed by atoms with Crippen molar-refractivity contribution in [1.82, 2.24) is 4.90 Å². The number of hydrogen-bond acceptors (Lipinski definition) is 3. The Labute approximate surface area is 118 Å². The van der Waals surface area contributed by atoms with Crippen molar-refractivity contribution in [2.24, 2.45) is 0 Å². The maximum absolute atomic E-state index is 12.0. The van der Waals surface area contributed by atoms with Crippen LogP contribution in [0.3, 0.4) is 0 Å². The second kappa shape index (κ2) is 5.44. The van der Waals surface area contributed by atoms with E-state index in [0.29, 0.717) is 11.3 Å². The van der Waals surface area contributed by atoms with E-state index in [-0.39, 0.29) is 19.1 Å². The van der Waals surface area contributed by atoms with Crippen LogP contribution in [0.1, 0.15) is 5.56 Å². The summed E-state index contributed by atoms with van der Waals surface area (Å²) in [7, 11) is 1.45. The van der Waals surface area contributed by atoms with E-state index in [2.05, 4.69) is 15.9 Å². The van der Waals surface area contributed by atoms with Gasteiger partial charge in [0.05, 0.1) is 5.57 Å². The number of carboxylic acids is 1. The van der Waals surface area contributed by atoms with Gasteiger partial charge in [-0.15, -0.1) is 0 Å². The molecular weight excluding hydrogens is 314 g/mol. The second-order valence-electron chi connectivity index (χ2n) is 4.20. The van der Waals surface area contributed by atoms with E-state index in [4.69, 9.17) is 9.84 Å². The minimum atomic E-state index is -1.05. The van der Waals surface area contributed by atoms with Crippen molar-refractivity contribution in [3.05, 3.63) is 33.8 Å². The van der Waals surface area contributed by atoms with Gasteiger partial charge in [0, 0.05) is 17.1 Å². The Hall–Kier alpha value is -1.82. The number of ether oxygens (including phenoxy) is 1. The predicted molar refractivity (Wildman–Crippen MR) is 72.9 cm³/mol. The van der Waals surface area contributed by atoms with E-state index < -0.39 is 5.97 Å². The van der Waals surface area contributed by atoms with Gasteiger partial charge in [-0.05, 0) is 24.3 Å². The van der Waals surface area contributed by atoms with Gasteiger partial charge in [-0.25, -0.2) is 0 Å². The van der Waals surface area contributed by atoms with Gasteiger partial charge in [-0.2, -0.15) is 0 Å². The highest BCUT2D eigenvalue weighted by molar-refractivity contribution is 9.10. The first-order valence-corrected chi connectivity index (χ1v) is 6.37. The molecule has 0 atom stereocenters. The largest absolute Gasteiger partial charge is 0.488 e. The number of amides is 1. The number of carbonyl (C=O) groups excluding carboxylic acids is 1. The summed E-state index contributed by atoms with van der Waals surface area (Å²) in [6.45, 7) is -0.182. The highest BCUT2D eigenvalue weighted by Gasteiger charge is 2.21. The van der Waals surface area contributed by atoms with Crippen LogP contribution in [0.4, 0.5) is 0 Å². The molecule has 0 radical (unpaired) electrons. The summed E-state index contributed by atoms with van der Waals surface area (Å²) in [5.74, 6) is -0.676. The van der Waals surface area contributed by atoms with Crippen molar-refractivity contribution in [3.8, 4) is 5.75 Å². The molecular formula is C13H12BrNO4. The number of aliphatic carboxylic acids is 1. The molecule has 0 fully saturated rings. The van der Waals surface area contributed by atoms with Gasteiger partial charge >= 0.3 is 5.97 Å². The van der Waals surface area contributed by atoms with Crippen LogP contribution in [0.2, 0.25) is 0 Å². The SMILES string of the molecule is CN(CC(=O)O)C(=O)C1=Cc2cc(Br)ccc2OC1. The lowest BCUT2D eigenvalue weighted by molar-refractivity contribution is -0.142. The molecule has 0 saturated carbocycles. The summed E-state index contributed by atoms with van der Waals surface area (Å²) < 4.78 is 6.37. The van der Waals surface area contributed by atoms with E-state index >= 15 is 0 Å². The smallest absolute Gasteiger partial charge is 0.323 e. The van der Waals surface area contributed by atoms with Gasteiger partial charge in [0.15, 0.2) is 0 Å². The number of hydrogen-bond donors (Lipinski definition) is 1. The molecule has 100 valence electrons. The lowest BCUT2D eigenvalue weighted by atomic mass is 10.1. The number of benzene rings is 1. The minimum absolute atomic E-state index is 0.150. The number of halogens is 1. The lowest BCUT2D eigenvalue weighted by Gasteiger charge is -2.21. The van der Waals surface area contributed by atoms with Gasteiger partial charge in [-0.3, -0.25) is 9.59 Å². The molecule has 0 spiro atoms. The molecule has 1 heterocycles. The average Bonchev–Trinajstić information content (AvgIpc) is 2.36. The van der Waals surface area contributed by atoms with Gasteiger partial charge in [0.1, 0.15) is 18.9 Å². The number of likely N-dealkylation sites (N-methyl/N-ethyl adjacent to an activating group) is 1. The third-order valence-electron chi connectivity index (χ3n) is 2.68. The Morgan fingerprint density at radius 1 is 1.47 bits per heavy atom. The fourth-order valence-electron chi connectivity index (χ4n) is 1.79. The zero-order valence-electron chi connectivity index (χ0n) is 10.2. The molecule has 19 heavy (non-hydrogen) atoms. The van der Waals surface area contributed by atoms with Gasteiger partial charge in [0.25, 0.3) is 5.91 Å². The quantitative estimate of drug-likeness (QED) is 0.919. The van der Waals surface area contributed by atoms with Crippen molar-refractivity contribution in [2.75, 3.05) is 20.2 Å². The molecule has 0 saturated heterocycles. The Balaban J connectivity index is 2.23. The van der Waals surface area contributed by atoms with Crippen molar-refractivity contribution in [1.29, 1.82) is 0 Å². The Morgan fingerprint density at radius 2 is 2.21 bits per heavy atom. The number of fused-ring (bicyclic) bond motifs is 1. The summed E-state index contributed by atoms with van der Waals surface area (Å²) in [4.78, 5) is 23.8. The van der Waals surface area contributed by atoms with Crippen LogP contribution in [0.15, 0.2) is 28.2 Å². The van der Waals surface area contributed by atoms with E-state index in [0.717, 1.165) is 14.9 Å². The average molecular weight is 326 g/mol. The van der Waals surface area contributed by atoms with Crippen LogP contribution in [0, 0.1) is 0 Å². The molecule has 2 rings (SSSR count). The normalized spacial score (nSPS) is 13.1. The highest BCUT2D eigenvalue weighted by atomic mass is 79.9. The van der Waals surface area contributed by atoms with Gasteiger partial charge in [-0.1, -0.05) is 15.9 Å². The number of carbonyl (C=O) groups is 2. The Kier molecular flexibility index (Phi) is 3.90. The van der Waals surface area contributed by atoms with E-state index in [1.165, 1.54) is 7.05 Å². The maximum Gasteiger partial charge on any atom is 0.323 e.